The standard InChI is InChI=1S/C14H15ClN2O3/c15-10-1-3-11(4-2-10)17-13(18)9-12(14(17)19)16-5-7-20-8-6-16/h1-4,12H,5-9H2/t12-/m1/s1. The zero-order valence-corrected chi connectivity index (χ0v) is 11.7. The van der Waals surface area contributed by atoms with Crippen LogP contribution in [0.15, 0.2) is 24.3 Å². The molecule has 1 aromatic rings. The SMILES string of the molecule is O=C1C[C@@H](N2CCOCC2)C(=O)N1c1ccc(Cl)cc1. The van der Waals surface area contributed by atoms with Crippen molar-refractivity contribution in [2.75, 3.05) is 31.2 Å². The van der Waals surface area contributed by atoms with Crippen molar-refractivity contribution < 1.29 is 14.3 Å². The van der Waals surface area contributed by atoms with E-state index in [1.54, 1.807) is 24.3 Å². The number of hydrogen-bond donors (Lipinski definition) is 0. The van der Waals surface area contributed by atoms with Gasteiger partial charge in [-0.1, -0.05) is 11.6 Å². The summed E-state index contributed by atoms with van der Waals surface area (Å²) in [7, 11) is 0. The summed E-state index contributed by atoms with van der Waals surface area (Å²) in [5, 5.41) is 0.581. The lowest BCUT2D eigenvalue weighted by molar-refractivity contribution is -0.123. The minimum atomic E-state index is -0.359. The Labute approximate surface area is 122 Å². The number of carbonyl (C=O) groups excluding carboxylic acids is 2. The van der Waals surface area contributed by atoms with Gasteiger partial charge in [0, 0.05) is 18.1 Å². The van der Waals surface area contributed by atoms with Crippen molar-refractivity contribution in [1.29, 1.82) is 0 Å². The molecule has 2 fully saturated rings. The number of nitrogens with zero attached hydrogens (tertiary/aromatic N) is 2. The van der Waals surface area contributed by atoms with E-state index in [4.69, 9.17) is 16.3 Å². The molecule has 0 radical (unpaired) electrons. The molecule has 0 N–H and O–H groups in total. The van der Waals surface area contributed by atoms with Gasteiger partial charge in [0.25, 0.3) is 5.91 Å². The number of morpholine rings is 1. The van der Waals surface area contributed by atoms with E-state index in [2.05, 4.69) is 0 Å². The fourth-order valence-electron chi connectivity index (χ4n) is 2.65. The number of imide groups is 1. The first-order valence-electron chi connectivity index (χ1n) is 6.61. The van der Waals surface area contributed by atoms with Crippen LogP contribution < -0.4 is 4.90 Å². The largest absolute Gasteiger partial charge is 0.379 e. The zero-order valence-electron chi connectivity index (χ0n) is 10.9. The molecule has 0 spiro atoms. The highest BCUT2D eigenvalue weighted by Crippen LogP contribution is 2.27. The summed E-state index contributed by atoms with van der Waals surface area (Å²) < 4.78 is 5.28. The highest BCUT2D eigenvalue weighted by molar-refractivity contribution is 6.30. The van der Waals surface area contributed by atoms with Crippen LogP contribution in [0.5, 0.6) is 0 Å². The zero-order chi connectivity index (χ0) is 14.1. The maximum absolute atomic E-state index is 12.5. The summed E-state index contributed by atoms with van der Waals surface area (Å²) in [5.74, 6) is -0.312. The van der Waals surface area contributed by atoms with Crippen LogP contribution >= 0.6 is 11.6 Å². The molecular weight excluding hydrogens is 280 g/mol. The summed E-state index contributed by atoms with van der Waals surface area (Å²) in [6.07, 6.45) is 0.238. The van der Waals surface area contributed by atoms with Crippen molar-refractivity contribution in [3.05, 3.63) is 29.3 Å². The first kappa shape index (κ1) is 13.5. The first-order valence-corrected chi connectivity index (χ1v) is 6.99. The maximum atomic E-state index is 12.5. The Balaban J connectivity index is 1.81. The number of amides is 2. The predicted octanol–water partition coefficient (Wildman–Crippen LogP) is 1.30. The molecule has 0 saturated carbocycles. The van der Waals surface area contributed by atoms with Crippen molar-refractivity contribution in [2.45, 2.75) is 12.5 Å². The Morgan fingerprint density at radius 3 is 2.40 bits per heavy atom. The molecule has 1 aromatic carbocycles. The van der Waals surface area contributed by atoms with E-state index in [1.807, 2.05) is 4.90 Å². The molecule has 5 nitrogen and oxygen atoms in total. The smallest absolute Gasteiger partial charge is 0.251 e. The van der Waals surface area contributed by atoms with E-state index in [9.17, 15) is 9.59 Å². The van der Waals surface area contributed by atoms with Gasteiger partial charge in [-0.25, -0.2) is 4.90 Å². The van der Waals surface area contributed by atoms with Crippen LogP contribution in [0, 0.1) is 0 Å². The van der Waals surface area contributed by atoms with Crippen molar-refractivity contribution >= 4 is 29.1 Å². The molecule has 0 aliphatic carbocycles. The number of carbonyl (C=O) groups is 2. The third kappa shape index (κ3) is 2.44. The molecule has 3 rings (SSSR count). The lowest BCUT2D eigenvalue weighted by Gasteiger charge is -2.30. The van der Waals surface area contributed by atoms with Crippen LogP contribution in [-0.2, 0) is 14.3 Å². The molecule has 2 saturated heterocycles. The van der Waals surface area contributed by atoms with E-state index in [0.29, 0.717) is 37.0 Å². The number of halogens is 1. The highest BCUT2D eigenvalue weighted by Gasteiger charge is 2.42. The van der Waals surface area contributed by atoms with E-state index < -0.39 is 0 Å². The molecule has 0 bridgehead atoms. The average Bonchev–Trinajstić information content (AvgIpc) is 2.76. The Kier molecular flexibility index (Phi) is 3.74. The number of rotatable bonds is 2. The van der Waals surface area contributed by atoms with Gasteiger partial charge in [0.15, 0.2) is 0 Å². The van der Waals surface area contributed by atoms with Gasteiger partial charge in [-0.05, 0) is 24.3 Å². The van der Waals surface area contributed by atoms with Crippen LogP contribution in [0.3, 0.4) is 0 Å². The third-order valence-corrected chi connectivity index (χ3v) is 3.95. The number of ether oxygens (including phenoxy) is 1. The van der Waals surface area contributed by atoms with E-state index >= 15 is 0 Å². The van der Waals surface area contributed by atoms with Crippen LogP contribution in [-0.4, -0.2) is 49.1 Å². The number of anilines is 1. The predicted molar refractivity (Wildman–Crippen MR) is 74.7 cm³/mol. The van der Waals surface area contributed by atoms with Gasteiger partial charge in [-0.2, -0.15) is 0 Å². The van der Waals surface area contributed by atoms with E-state index in [0.717, 1.165) is 0 Å². The Morgan fingerprint density at radius 1 is 1.10 bits per heavy atom. The summed E-state index contributed by atoms with van der Waals surface area (Å²) in [6, 6.07) is 6.39. The van der Waals surface area contributed by atoms with Crippen molar-refractivity contribution in [3.8, 4) is 0 Å². The maximum Gasteiger partial charge on any atom is 0.251 e. The molecular formula is C14H15ClN2O3. The molecule has 0 unspecified atom stereocenters. The molecule has 1 atom stereocenters. The summed E-state index contributed by atoms with van der Waals surface area (Å²) in [6.45, 7) is 2.61. The van der Waals surface area contributed by atoms with Crippen molar-refractivity contribution in [3.63, 3.8) is 0 Å². The van der Waals surface area contributed by atoms with E-state index in [-0.39, 0.29) is 24.3 Å². The van der Waals surface area contributed by atoms with E-state index in [1.165, 1.54) is 4.90 Å². The second-order valence-electron chi connectivity index (χ2n) is 4.91. The minimum absolute atomic E-state index is 0.153. The Hall–Kier alpha value is -1.43. The van der Waals surface area contributed by atoms with Gasteiger partial charge >= 0.3 is 0 Å². The molecule has 2 heterocycles. The van der Waals surface area contributed by atoms with Crippen molar-refractivity contribution in [1.82, 2.24) is 4.90 Å². The molecule has 106 valence electrons. The quantitative estimate of drug-likeness (QED) is 0.772. The molecule has 6 heteroatoms. The summed E-state index contributed by atoms with van der Waals surface area (Å²) in [4.78, 5) is 27.9. The first-order chi connectivity index (χ1) is 9.66. The van der Waals surface area contributed by atoms with Crippen molar-refractivity contribution in [2.24, 2.45) is 0 Å². The lowest BCUT2D eigenvalue weighted by Crippen LogP contribution is -2.47. The highest BCUT2D eigenvalue weighted by atomic mass is 35.5. The number of benzene rings is 1. The van der Waals surface area contributed by atoms with Gasteiger partial charge in [-0.3, -0.25) is 14.5 Å². The summed E-state index contributed by atoms with van der Waals surface area (Å²) in [5.41, 5.74) is 0.583. The van der Waals surface area contributed by atoms with Gasteiger partial charge in [0.05, 0.1) is 31.4 Å². The van der Waals surface area contributed by atoms with Gasteiger partial charge in [0.2, 0.25) is 5.91 Å². The average molecular weight is 295 g/mol. The Bertz CT molecular complexity index is 526. The molecule has 2 aliphatic heterocycles. The number of hydrogen-bond acceptors (Lipinski definition) is 4. The second-order valence-corrected chi connectivity index (χ2v) is 5.35. The molecule has 2 amide bonds. The van der Waals surface area contributed by atoms with Crippen LogP contribution in [0.2, 0.25) is 5.02 Å². The fraction of sp³-hybridized carbons (Fsp3) is 0.429. The van der Waals surface area contributed by atoms with Gasteiger partial charge in [-0.15, -0.1) is 0 Å². The van der Waals surface area contributed by atoms with Crippen LogP contribution in [0.1, 0.15) is 6.42 Å². The monoisotopic (exact) mass is 294 g/mol. The summed E-state index contributed by atoms with van der Waals surface area (Å²) >= 11 is 5.83. The molecule has 20 heavy (non-hydrogen) atoms. The second kappa shape index (κ2) is 5.52. The fourth-order valence-corrected chi connectivity index (χ4v) is 2.78. The van der Waals surface area contributed by atoms with Crippen LogP contribution in [0.4, 0.5) is 5.69 Å². The van der Waals surface area contributed by atoms with Crippen LogP contribution in [0.25, 0.3) is 0 Å². The van der Waals surface area contributed by atoms with Gasteiger partial charge < -0.3 is 4.74 Å². The topological polar surface area (TPSA) is 49.9 Å². The third-order valence-electron chi connectivity index (χ3n) is 3.69. The normalized spacial score (nSPS) is 24.4. The lowest BCUT2D eigenvalue weighted by atomic mass is 10.2. The minimum Gasteiger partial charge on any atom is -0.379 e. The molecule has 0 aromatic heterocycles. The Morgan fingerprint density at radius 2 is 1.75 bits per heavy atom. The van der Waals surface area contributed by atoms with Gasteiger partial charge in [0.1, 0.15) is 0 Å². The molecule has 2 aliphatic rings.